The molecule has 0 aromatic heterocycles. The molecule has 1 heterocycles. The van der Waals surface area contributed by atoms with Gasteiger partial charge in [-0.05, 0) is 48.5 Å². The molecular weight excluding hydrogens is 640 g/mol. The maximum Gasteiger partial charge on any atom is 0.172 e. The van der Waals surface area contributed by atoms with E-state index in [0.29, 0.717) is 46.0 Å². The van der Waals surface area contributed by atoms with Crippen LogP contribution < -0.4 is 18.9 Å². The molecule has 0 saturated heterocycles. The van der Waals surface area contributed by atoms with Crippen LogP contribution in [0.3, 0.4) is 0 Å². The Bertz CT molecular complexity index is 1480. The van der Waals surface area contributed by atoms with Crippen LogP contribution in [0.4, 0.5) is 0 Å². The van der Waals surface area contributed by atoms with Gasteiger partial charge in [0.05, 0.1) is 77.1 Å². The van der Waals surface area contributed by atoms with Gasteiger partial charge in [-0.25, -0.2) is 0 Å². The predicted octanol–water partition coefficient (Wildman–Crippen LogP) is 7.19. The van der Waals surface area contributed by atoms with Crippen LogP contribution in [-0.2, 0) is 28.4 Å². The number of methoxy groups -OCH3 is 4. The molecule has 4 aromatic carbocycles. The van der Waals surface area contributed by atoms with Gasteiger partial charge in [0.15, 0.2) is 23.0 Å². The third-order valence-corrected chi connectivity index (χ3v) is 7.72. The van der Waals surface area contributed by atoms with Crippen molar-refractivity contribution in [3.8, 4) is 23.0 Å². The molecule has 10 heteroatoms. The minimum atomic E-state index is 0.219. The molecule has 0 saturated carbocycles. The second-order valence-corrected chi connectivity index (χ2v) is 10.7. The highest BCUT2D eigenvalue weighted by Crippen LogP contribution is 2.39. The molecule has 1 aliphatic rings. The van der Waals surface area contributed by atoms with E-state index in [2.05, 4.69) is 0 Å². The van der Waals surface area contributed by atoms with Gasteiger partial charge < -0.3 is 47.4 Å². The SMILES string of the molecule is COc1ccccc1/C1=C(\c2ccccc2OC)OCCOCCO/C(c2ccccc2OC)=C(/c2ccccc2OC)OCCOCCO1. The van der Waals surface area contributed by atoms with Crippen LogP contribution in [0.25, 0.3) is 23.0 Å². The number of hydrogen-bond donors (Lipinski definition) is 0. The molecule has 0 atom stereocenters. The van der Waals surface area contributed by atoms with Crippen LogP contribution in [0.2, 0.25) is 0 Å². The van der Waals surface area contributed by atoms with Crippen molar-refractivity contribution in [2.45, 2.75) is 0 Å². The average Bonchev–Trinajstić information content (AvgIpc) is 3.17. The Morgan fingerprint density at radius 1 is 0.320 bits per heavy atom. The van der Waals surface area contributed by atoms with Gasteiger partial charge in [-0.1, -0.05) is 48.5 Å². The van der Waals surface area contributed by atoms with Gasteiger partial charge in [-0.2, -0.15) is 0 Å². The quantitative estimate of drug-likeness (QED) is 0.190. The third-order valence-electron chi connectivity index (χ3n) is 7.72. The molecule has 0 amide bonds. The van der Waals surface area contributed by atoms with Gasteiger partial charge in [-0.15, -0.1) is 0 Å². The first kappa shape index (κ1) is 36.0. The Morgan fingerprint density at radius 3 is 0.760 bits per heavy atom. The fourth-order valence-electron chi connectivity index (χ4n) is 5.41. The summed E-state index contributed by atoms with van der Waals surface area (Å²) in [7, 11) is 6.48. The molecule has 5 rings (SSSR count). The summed E-state index contributed by atoms with van der Waals surface area (Å²) in [6.07, 6.45) is 0. The van der Waals surface area contributed by atoms with Crippen LogP contribution >= 0.6 is 0 Å². The Balaban J connectivity index is 1.47. The number of rotatable bonds is 8. The van der Waals surface area contributed by atoms with Crippen LogP contribution in [0.15, 0.2) is 97.1 Å². The van der Waals surface area contributed by atoms with Crippen molar-refractivity contribution in [2.75, 3.05) is 81.3 Å². The zero-order valence-electron chi connectivity index (χ0n) is 29.0. The molecule has 1 aliphatic heterocycles. The molecule has 0 spiro atoms. The molecule has 50 heavy (non-hydrogen) atoms. The Morgan fingerprint density at radius 2 is 0.540 bits per heavy atom. The molecule has 0 radical (unpaired) electrons. The maximum absolute atomic E-state index is 6.46. The zero-order chi connectivity index (χ0) is 35.0. The van der Waals surface area contributed by atoms with Gasteiger partial charge in [-0.3, -0.25) is 0 Å². The normalized spacial score (nSPS) is 18.2. The summed E-state index contributed by atoms with van der Waals surface area (Å²) in [4.78, 5) is 0. The molecule has 0 fully saturated rings. The lowest BCUT2D eigenvalue weighted by molar-refractivity contribution is 0.0535. The minimum Gasteiger partial charge on any atom is -0.496 e. The first-order valence-corrected chi connectivity index (χ1v) is 16.4. The molecule has 0 N–H and O–H groups in total. The fourth-order valence-corrected chi connectivity index (χ4v) is 5.41. The van der Waals surface area contributed by atoms with Gasteiger partial charge in [0, 0.05) is 0 Å². The van der Waals surface area contributed by atoms with E-state index in [4.69, 9.17) is 47.4 Å². The summed E-state index contributed by atoms with van der Waals surface area (Å²) < 4.78 is 60.7. The highest BCUT2D eigenvalue weighted by Gasteiger charge is 2.24. The predicted molar refractivity (Wildman–Crippen MR) is 191 cm³/mol. The monoisotopic (exact) mass is 684 g/mol. The average molecular weight is 685 g/mol. The van der Waals surface area contributed by atoms with Gasteiger partial charge in [0.25, 0.3) is 0 Å². The van der Waals surface area contributed by atoms with Crippen molar-refractivity contribution in [2.24, 2.45) is 0 Å². The molecule has 0 aliphatic carbocycles. The lowest BCUT2D eigenvalue weighted by Gasteiger charge is -2.22. The van der Waals surface area contributed by atoms with E-state index in [1.807, 2.05) is 97.1 Å². The molecule has 0 bridgehead atoms. The van der Waals surface area contributed by atoms with Gasteiger partial charge >= 0.3 is 0 Å². The largest absolute Gasteiger partial charge is 0.496 e. The highest BCUT2D eigenvalue weighted by molar-refractivity contribution is 5.88. The second kappa shape index (κ2) is 19.0. The number of ether oxygens (including phenoxy) is 10. The first-order chi connectivity index (χ1) is 24.7. The van der Waals surface area contributed by atoms with E-state index >= 15 is 0 Å². The van der Waals surface area contributed by atoms with Gasteiger partial charge in [0.1, 0.15) is 49.4 Å². The van der Waals surface area contributed by atoms with E-state index in [9.17, 15) is 0 Å². The van der Waals surface area contributed by atoms with Crippen molar-refractivity contribution in [3.63, 3.8) is 0 Å². The summed E-state index contributed by atoms with van der Waals surface area (Å²) in [5, 5.41) is 0. The van der Waals surface area contributed by atoms with Crippen LogP contribution in [0.1, 0.15) is 22.3 Å². The first-order valence-electron chi connectivity index (χ1n) is 16.4. The number of hydrogen-bond acceptors (Lipinski definition) is 10. The molecular formula is C40H44O10. The van der Waals surface area contributed by atoms with Crippen molar-refractivity contribution >= 4 is 23.0 Å². The highest BCUT2D eigenvalue weighted by atomic mass is 16.6. The Hall–Kier alpha value is -5.32. The van der Waals surface area contributed by atoms with Crippen LogP contribution in [-0.4, -0.2) is 81.3 Å². The Labute approximate surface area is 293 Å². The minimum absolute atomic E-state index is 0.219. The third kappa shape index (κ3) is 9.02. The fraction of sp³-hybridized carbons (Fsp3) is 0.300. The summed E-state index contributed by atoms with van der Waals surface area (Å²) in [6.45, 7) is 1.96. The number of para-hydroxylation sites is 4. The molecule has 264 valence electrons. The van der Waals surface area contributed by atoms with E-state index in [0.717, 1.165) is 22.3 Å². The zero-order valence-corrected chi connectivity index (χ0v) is 29.0. The maximum atomic E-state index is 6.46. The smallest absolute Gasteiger partial charge is 0.172 e. The van der Waals surface area contributed by atoms with E-state index in [-0.39, 0.29) is 52.9 Å². The Kier molecular flexibility index (Phi) is 13.7. The standard InChI is InChI=1S/C40H44O10/c1-41-33-17-9-5-13-29(33)37-38(30-14-6-10-18-34(30)42-2)48-26-22-46-24-28-50-40(32-16-8-12-20-36(32)44-4)39(49-27-23-45-21-25-47-37)31-15-7-11-19-35(31)43-3/h5-20H,21-28H2,1-4H3/b38-37-,40-39-. The summed E-state index contributed by atoms with van der Waals surface area (Å²) in [5.41, 5.74) is 2.88. The van der Waals surface area contributed by atoms with Crippen molar-refractivity contribution in [3.05, 3.63) is 119 Å². The summed E-state index contributed by atoms with van der Waals surface area (Å²) in [6, 6.07) is 30.5. The van der Waals surface area contributed by atoms with Crippen LogP contribution in [0.5, 0.6) is 23.0 Å². The van der Waals surface area contributed by atoms with E-state index in [1.165, 1.54) is 0 Å². The van der Waals surface area contributed by atoms with Crippen molar-refractivity contribution < 1.29 is 47.4 Å². The lowest BCUT2D eigenvalue weighted by atomic mass is 10.1. The topological polar surface area (TPSA) is 92.3 Å². The molecule has 4 aromatic rings. The van der Waals surface area contributed by atoms with Gasteiger partial charge in [0.2, 0.25) is 0 Å². The summed E-state index contributed by atoms with van der Waals surface area (Å²) in [5.74, 6) is 4.46. The van der Waals surface area contributed by atoms with Crippen molar-refractivity contribution in [1.82, 2.24) is 0 Å². The van der Waals surface area contributed by atoms with E-state index < -0.39 is 0 Å². The molecule has 10 nitrogen and oxygen atoms in total. The van der Waals surface area contributed by atoms with E-state index in [1.54, 1.807) is 28.4 Å². The molecule has 0 unspecified atom stereocenters. The second-order valence-electron chi connectivity index (χ2n) is 10.7. The lowest BCUT2D eigenvalue weighted by Crippen LogP contribution is -2.14. The number of benzene rings is 4. The summed E-state index contributed by atoms with van der Waals surface area (Å²) >= 11 is 0. The van der Waals surface area contributed by atoms with Crippen molar-refractivity contribution in [1.29, 1.82) is 0 Å². The van der Waals surface area contributed by atoms with Crippen LogP contribution in [0, 0.1) is 0 Å².